The molecule has 186 valence electrons. The largest absolute Gasteiger partial charge is 0.318 e. The SMILES string of the molecule is Cc1cc(C(=O)CN2CCN(S(=O)(=O)c3ccc(C(C)(C)C)cc3)CC2)c(C)n1-c1ccccc1. The fraction of sp³-hybridized carbons (Fsp3) is 0.393. The summed E-state index contributed by atoms with van der Waals surface area (Å²) < 4.78 is 29.9. The predicted molar refractivity (Wildman–Crippen MR) is 140 cm³/mol. The molecule has 1 fully saturated rings. The van der Waals surface area contributed by atoms with Crippen LogP contribution in [0, 0.1) is 13.8 Å². The number of benzene rings is 2. The quantitative estimate of drug-likeness (QED) is 0.472. The van der Waals surface area contributed by atoms with E-state index in [1.807, 2.05) is 67.3 Å². The fourth-order valence-corrected chi connectivity index (χ4v) is 6.13. The number of carbonyl (C=O) groups excluding carboxylic acids is 1. The molecule has 1 aliphatic heterocycles. The second-order valence-electron chi connectivity index (χ2n) is 10.3. The number of carbonyl (C=O) groups is 1. The van der Waals surface area contributed by atoms with E-state index in [0.717, 1.165) is 28.2 Å². The van der Waals surface area contributed by atoms with Crippen LogP contribution in [-0.2, 0) is 15.4 Å². The molecule has 1 saturated heterocycles. The van der Waals surface area contributed by atoms with Gasteiger partial charge in [-0.15, -0.1) is 0 Å². The van der Waals surface area contributed by atoms with Gasteiger partial charge in [-0.05, 0) is 55.2 Å². The second-order valence-corrected chi connectivity index (χ2v) is 12.3. The van der Waals surface area contributed by atoms with Crippen molar-refractivity contribution in [3.8, 4) is 5.69 Å². The van der Waals surface area contributed by atoms with Crippen LogP contribution in [0.4, 0.5) is 0 Å². The Hall–Kier alpha value is -2.74. The van der Waals surface area contributed by atoms with Crippen molar-refractivity contribution >= 4 is 15.8 Å². The first-order valence-corrected chi connectivity index (χ1v) is 13.5. The number of aryl methyl sites for hydroxylation is 1. The van der Waals surface area contributed by atoms with Gasteiger partial charge < -0.3 is 4.57 Å². The van der Waals surface area contributed by atoms with Crippen LogP contribution in [0.15, 0.2) is 65.6 Å². The number of aromatic nitrogens is 1. The van der Waals surface area contributed by atoms with Crippen LogP contribution in [0.3, 0.4) is 0 Å². The summed E-state index contributed by atoms with van der Waals surface area (Å²) >= 11 is 0. The molecule has 0 radical (unpaired) electrons. The maximum Gasteiger partial charge on any atom is 0.243 e. The van der Waals surface area contributed by atoms with E-state index in [-0.39, 0.29) is 17.7 Å². The smallest absolute Gasteiger partial charge is 0.243 e. The number of hydrogen-bond donors (Lipinski definition) is 0. The zero-order valence-electron chi connectivity index (χ0n) is 21.3. The highest BCUT2D eigenvalue weighted by Gasteiger charge is 2.30. The van der Waals surface area contributed by atoms with Crippen molar-refractivity contribution in [1.82, 2.24) is 13.8 Å². The molecule has 0 unspecified atom stereocenters. The summed E-state index contributed by atoms with van der Waals surface area (Å²) in [6.07, 6.45) is 0. The van der Waals surface area contributed by atoms with Gasteiger partial charge in [0.1, 0.15) is 0 Å². The Balaban J connectivity index is 1.40. The van der Waals surface area contributed by atoms with Crippen molar-refractivity contribution in [1.29, 1.82) is 0 Å². The molecule has 0 N–H and O–H groups in total. The lowest BCUT2D eigenvalue weighted by atomic mass is 9.87. The molecule has 2 heterocycles. The van der Waals surface area contributed by atoms with E-state index in [2.05, 4.69) is 25.3 Å². The van der Waals surface area contributed by atoms with Crippen LogP contribution in [0.5, 0.6) is 0 Å². The predicted octanol–water partition coefficient (Wildman–Crippen LogP) is 4.58. The van der Waals surface area contributed by atoms with E-state index >= 15 is 0 Å². The van der Waals surface area contributed by atoms with E-state index in [1.54, 1.807) is 12.1 Å². The third kappa shape index (κ3) is 5.27. The van der Waals surface area contributed by atoms with Crippen molar-refractivity contribution < 1.29 is 13.2 Å². The summed E-state index contributed by atoms with van der Waals surface area (Å²) in [7, 11) is -3.55. The summed E-state index contributed by atoms with van der Waals surface area (Å²) in [5, 5.41) is 0. The van der Waals surface area contributed by atoms with Gasteiger partial charge >= 0.3 is 0 Å². The van der Waals surface area contributed by atoms with Gasteiger partial charge in [0.25, 0.3) is 0 Å². The first kappa shape index (κ1) is 25.4. The molecule has 0 aliphatic carbocycles. The van der Waals surface area contributed by atoms with Gasteiger partial charge in [-0.25, -0.2) is 8.42 Å². The molecule has 0 saturated carbocycles. The Labute approximate surface area is 209 Å². The van der Waals surface area contributed by atoms with E-state index in [1.165, 1.54) is 4.31 Å². The van der Waals surface area contributed by atoms with E-state index in [4.69, 9.17) is 0 Å². The summed E-state index contributed by atoms with van der Waals surface area (Å²) in [4.78, 5) is 15.5. The summed E-state index contributed by atoms with van der Waals surface area (Å²) in [5.74, 6) is 0.0642. The Morgan fingerprint density at radius 1 is 0.886 bits per heavy atom. The van der Waals surface area contributed by atoms with Crippen molar-refractivity contribution in [2.24, 2.45) is 0 Å². The molecule has 7 heteroatoms. The lowest BCUT2D eigenvalue weighted by Gasteiger charge is -2.33. The van der Waals surface area contributed by atoms with E-state index in [0.29, 0.717) is 31.1 Å². The highest BCUT2D eigenvalue weighted by molar-refractivity contribution is 7.89. The Morgan fingerprint density at radius 3 is 2.06 bits per heavy atom. The number of rotatable bonds is 6. The summed E-state index contributed by atoms with van der Waals surface area (Å²) in [6, 6.07) is 19.2. The van der Waals surface area contributed by atoms with Gasteiger partial charge in [0.15, 0.2) is 5.78 Å². The summed E-state index contributed by atoms with van der Waals surface area (Å²) in [6.45, 7) is 12.4. The van der Waals surface area contributed by atoms with Crippen LogP contribution in [0.25, 0.3) is 5.69 Å². The summed E-state index contributed by atoms with van der Waals surface area (Å²) in [5.41, 5.74) is 4.78. The Morgan fingerprint density at radius 2 is 1.49 bits per heavy atom. The second kappa shape index (κ2) is 9.72. The average molecular weight is 494 g/mol. The molecule has 0 spiro atoms. The van der Waals surface area contributed by atoms with E-state index < -0.39 is 10.0 Å². The lowest BCUT2D eigenvalue weighted by Crippen LogP contribution is -2.49. The zero-order chi connectivity index (χ0) is 25.4. The van der Waals surface area contributed by atoms with Crippen LogP contribution in [0.2, 0.25) is 0 Å². The molecule has 0 atom stereocenters. The van der Waals surface area contributed by atoms with Gasteiger partial charge in [0, 0.05) is 48.8 Å². The third-order valence-corrected chi connectivity index (χ3v) is 8.72. The Bertz CT molecular complexity index is 1300. The number of para-hydroxylation sites is 1. The standard InChI is InChI=1S/C28H35N3O3S/c1-21-19-26(22(2)31(21)24-9-7-6-8-10-24)27(32)20-29-15-17-30(18-16-29)35(33,34)25-13-11-23(12-14-25)28(3,4)5/h6-14,19H,15-18,20H2,1-5H3. The van der Waals surface area contributed by atoms with Crippen LogP contribution in [0.1, 0.15) is 48.1 Å². The normalized spacial score (nSPS) is 15.9. The highest BCUT2D eigenvalue weighted by Crippen LogP contribution is 2.26. The number of sulfonamides is 1. The maximum absolute atomic E-state index is 13.2. The van der Waals surface area contributed by atoms with Gasteiger partial charge in [0.2, 0.25) is 10.0 Å². The first-order chi connectivity index (χ1) is 16.5. The van der Waals surface area contributed by atoms with Crippen LogP contribution >= 0.6 is 0 Å². The van der Waals surface area contributed by atoms with Crippen molar-refractivity contribution in [3.63, 3.8) is 0 Å². The minimum atomic E-state index is -3.55. The van der Waals surface area contributed by atoms with Crippen molar-refractivity contribution in [3.05, 3.63) is 83.2 Å². The van der Waals surface area contributed by atoms with Gasteiger partial charge in [0.05, 0.1) is 11.4 Å². The molecule has 35 heavy (non-hydrogen) atoms. The maximum atomic E-state index is 13.2. The van der Waals surface area contributed by atoms with Gasteiger partial charge in [-0.3, -0.25) is 9.69 Å². The number of nitrogens with zero attached hydrogens (tertiary/aromatic N) is 3. The molecule has 0 amide bonds. The third-order valence-electron chi connectivity index (χ3n) is 6.80. The van der Waals surface area contributed by atoms with Gasteiger partial charge in [-0.1, -0.05) is 51.1 Å². The molecular weight excluding hydrogens is 458 g/mol. The van der Waals surface area contributed by atoms with Crippen molar-refractivity contribution in [2.45, 2.75) is 44.9 Å². The van der Waals surface area contributed by atoms with Crippen LogP contribution < -0.4 is 0 Å². The lowest BCUT2D eigenvalue weighted by molar-refractivity contribution is 0.0901. The monoisotopic (exact) mass is 493 g/mol. The number of hydrogen-bond acceptors (Lipinski definition) is 4. The number of piperazine rings is 1. The van der Waals surface area contributed by atoms with E-state index in [9.17, 15) is 13.2 Å². The molecule has 6 nitrogen and oxygen atoms in total. The zero-order valence-corrected chi connectivity index (χ0v) is 22.1. The van der Waals surface area contributed by atoms with Crippen molar-refractivity contribution in [2.75, 3.05) is 32.7 Å². The van der Waals surface area contributed by atoms with Gasteiger partial charge in [-0.2, -0.15) is 4.31 Å². The molecule has 2 aromatic carbocycles. The average Bonchev–Trinajstić information content (AvgIpc) is 3.13. The van der Waals surface area contributed by atoms with Crippen LogP contribution in [-0.4, -0.2) is 60.7 Å². The molecule has 1 aliphatic rings. The minimum absolute atomic E-state index is 0.0284. The topological polar surface area (TPSA) is 62.6 Å². The molecule has 3 aromatic rings. The molecule has 4 rings (SSSR count). The molecule has 1 aromatic heterocycles. The number of ketones is 1. The fourth-order valence-electron chi connectivity index (χ4n) is 4.71. The minimum Gasteiger partial charge on any atom is -0.318 e. The molecule has 0 bridgehead atoms. The Kier molecular flexibility index (Phi) is 7.04. The molecular formula is C28H35N3O3S. The highest BCUT2D eigenvalue weighted by atomic mass is 32.2. The number of Topliss-reactive ketones (excluding diaryl/α,β-unsaturated/α-hetero) is 1. The first-order valence-electron chi connectivity index (χ1n) is 12.1.